The topological polar surface area (TPSA) is 43.8 Å². The molecule has 3 nitrogen and oxygen atoms in total. The second-order valence-electron chi connectivity index (χ2n) is 2.49. The molecule has 0 spiro atoms. The molecule has 0 aliphatic heterocycles. The zero-order valence-electron chi connectivity index (χ0n) is 6.53. The number of aromatic nitrogens is 2. The normalized spacial score (nSPS) is 9.91. The van der Waals surface area contributed by atoms with Crippen LogP contribution in [0.25, 0.3) is 0 Å². The van der Waals surface area contributed by atoms with Crippen molar-refractivity contribution in [1.29, 1.82) is 0 Å². The summed E-state index contributed by atoms with van der Waals surface area (Å²) in [5.74, 6) is 0. The van der Waals surface area contributed by atoms with E-state index in [1.807, 2.05) is 16.9 Å². The summed E-state index contributed by atoms with van der Waals surface area (Å²) < 4.78 is 1.85. The van der Waals surface area contributed by atoms with Gasteiger partial charge in [-0.1, -0.05) is 12.2 Å². The van der Waals surface area contributed by atoms with Crippen molar-refractivity contribution < 1.29 is 0 Å². The number of rotatable bonds is 4. The maximum Gasteiger partial charge on any atom is 0.0617 e. The molecule has 11 heavy (non-hydrogen) atoms. The minimum Gasteiger partial charge on any atom is -0.330 e. The quantitative estimate of drug-likeness (QED) is 0.646. The van der Waals surface area contributed by atoms with Crippen LogP contribution in [0.15, 0.2) is 30.6 Å². The summed E-state index contributed by atoms with van der Waals surface area (Å²) >= 11 is 0. The monoisotopic (exact) mass is 151 g/mol. The molecule has 3 heteroatoms. The minimum absolute atomic E-state index is 0.667. The van der Waals surface area contributed by atoms with E-state index in [0.29, 0.717) is 6.54 Å². The molecule has 60 valence electrons. The maximum absolute atomic E-state index is 5.37. The van der Waals surface area contributed by atoms with E-state index in [0.717, 1.165) is 18.5 Å². The van der Waals surface area contributed by atoms with Gasteiger partial charge in [-0.2, -0.15) is 5.10 Å². The van der Waals surface area contributed by atoms with Crippen LogP contribution in [0.3, 0.4) is 0 Å². The van der Waals surface area contributed by atoms with Crippen molar-refractivity contribution in [3.05, 3.63) is 30.6 Å². The van der Waals surface area contributed by atoms with Gasteiger partial charge in [0.05, 0.1) is 6.54 Å². The summed E-state index contributed by atoms with van der Waals surface area (Å²) in [7, 11) is 0. The lowest BCUT2D eigenvalue weighted by molar-refractivity contribution is 0.658. The second-order valence-corrected chi connectivity index (χ2v) is 2.49. The molecular weight excluding hydrogens is 138 g/mol. The first-order valence-corrected chi connectivity index (χ1v) is 3.67. The Kier molecular flexibility index (Phi) is 2.86. The minimum atomic E-state index is 0.667. The van der Waals surface area contributed by atoms with Crippen molar-refractivity contribution in [3.8, 4) is 0 Å². The number of hydrogen-bond acceptors (Lipinski definition) is 2. The SMILES string of the molecule is C=C(CCN)Cn1cccn1. The van der Waals surface area contributed by atoms with Gasteiger partial charge in [-0.05, 0) is 19.0 Å². The molecular formula is C8H13N3. The fourth-order valence-electron chi connectivity index (χ4n) is 0.906. The van der Waals surface area contributed by atoms with Crippen LogP contribution < -0.4 is 5.73 Å². The van der Waals surface area contributed by atoms with Gasteiger partial charge in [0.1, 0.15) is 0 Å². The molecule has 0 aliphatic rings. The van der Waals surface area contributed by atoms with Crippen LogP contribution in [0.2, 0.25) is 0 Å². The van der Waals surface area contributed by atoms with E-state index in [-0.39, 0.29) is 0 Å². The molecule has 1 aromatic heterocycles. The zero-order chi connectivity index (χ0) is 8.10. The van der Waals surface area contributed by atoms with Crippen LogP contribution in [0, 0.1) is 0 Å². The van der Waals surface area contributed by atoms with E-state index >= 15 is 0 Å². The molecule has 0 saturated carbocycles. The van der Waals surface area contributed by atoms with Crippen LogP contribution in [0.1, 0.15) is 6.42 Å². The van der Waals surface area contributed by atoms with E-state index in [1.54, 1.807) is 6.20 Å². The van der Waals surface area contributed by atoms with Crippen LogP contribution in [0.4, 0.5) is 0 Å². The van der Waals surface area contributed by atoms with Crippen molar-refractivity contribution in [2.75, 3.05) is 6.54 Å². The summed E-state index contributed by atoms with van der Waals surface area (Å²) in [5.41, 5.74) is 6.49. The van der Waals surface area contributed by atoms with Gasteiger partial charge in [0.2, 0.25) is 0 Å². The fraction of sp³-hybridized carbons (Fsp3) is 0.375. The lowest BCUT2D eigenvalue weighted by Gasteiger charge is -2.02. The molecule has 0 aliphatic carbocycles. The molecule has 0 radical (unpaired) electrons. The number of hydrogen-bond donors (Lipinski definition) is 1. The Labute approximate surface area is 66.5 Å². The van der Waals surface area contributed by atoms with E-state index < -0.39 is 0 Å². The third-order valence-electron chi connectivity index (χ3n) is 1.44. The Hall–Kier alpha value is -1.09. The maximum atomic E-state index is 5.37. The molecule has 1 heterocycles. The first-order chi connectivity index (χ1) is 5.33. The predicted octanol–water partition coefficient (Wildman–Crippen LogP) is 0.788. The molecule has 1 aromatic rings. The summed E-state index contributed by atoms with van der Waals surface area (Å²) in [6.45, 7) is 5.33. The average molecular weight is 151 g/mol. The van der Waals surface area contributed by atoms with Crippen molar-refractivity contribution in [1.82, 2.24) is 9.78 Å². The van der Waals surface area contributed by atoms with E-state index in [4.69, 9.17) is 5.73 Å². The molecule has 0 bridgehead atoms. The van der Waals surface area contributed by atoms with Gasteiger partial charge < -0.3 is 5.73 Å². The largest absolute Gasteiger partial charge is 0.330 e. The summed E-state index contributed by atoms with van der Waals surface area (Å²) in [5, 5.41) is 4.05. The second kappa shape index (κ2) is 3.93. The Morgan fingerprint density at radius 3 is 3.00 bits per heavy atom. The van der Waals surface area contributed by atoms with Gasteiger partial charge in [-0.25, -0.2) is 0 Å². The van der Waals surface area contributed by atoms with Crippen molar-refractivity contribution in [2.45, 2.75) is 13.0 Å². The van der Waals surface area contributed by atoms with Crippen LogP contribution in [-0.2, 0) is 6.54 Å². The Balaban J connectivity index is 2.37. The lowest BCUT2D eigenvalue weighted by atomic mass is 10.2. The van der Waals surface area contributed by atoms with Crippen molar-refractivity contribution in [3.63, 3.8) is 0 Å². The lowest BCUT2D eigenvalue weighted by Crippen LogP contribution is -2.05. The van der Waals surface area contributed by atoms with Crippen LogP contribution >= 0.6 is 0 Å². The third-order valence-corrected chi connectivity index (χ3v) is 1.44. The molecule has 0 aromatic carbocycles. The van der Waals surface area contributed by atoms with E-state index in [9.17, 15) is 0 Å². The van der Waals surface area contributed by atoms with Crippen molar-refractivity contribution >= 4 is 0 Å². The van der Waals surface area contributed by atoms with Gasteiger partial charge >= 0.3 is 0 Å². The predicted molar refractivity (Wildman–Crippen MR) is 45.0 cm³/mol. The Morgan fingerprint density at radius 1 is 1.64 bits per heavy atom. The smallest absolute Gasteiger partial charge is 0.0617 e. The average Bonchev–Trinajstić information content (AvgIpc) is 2.40. The number of nitrogens with two attached hydrogens (primary N) is 1. The Morgan fingerprint density at radius 2 is 2.45 bits per heavy atom. The first-order valence-electron chi connectivity index (χ1n) is 3.67. The van der Waals surface area contributed by atoms with E-state index in [2.05, 4.69) is 11.7 Å². The van der Waals surface area contributed by atoms with Gasteiger partial charge in [0.25, 0.3) is 0 Å². The van der Waals surface area contributed by atoms with Gasteiger partial charge in [-0.3, -0.25) is 4.68 Å². The molecule has 0 amide bonds. The first kappa shape index (κ1) is 8.01. The highest BCUT2D eigenvalue weighted by Gasteiger charge is 1.93. The van der Waals surface area contributed by atoms with Crippen molar-refractivity contribution in [2.24, 2.45) is 5.73 Å². The molecule has 1 rings (SSSR count). The molecule has 2 N–H and O–H groups in total. The van der Waals surface area contributed by atoms with Crippen LogP contribution in [-0.4, -0.2) is 16.3 Å². The highest BCUT2D eigenvalue weighted by atomic mass is 15.3. The molecule has 0 atom stereocenters. The molecule has 0 saturated heterocycles. The highest BCUT2D eigenvalue weighted by molar-refractivity contribution is 4.95. The van der Waals surface area contributed by atoms with Gasteiger partial charge in [0.15, 0.2) is 0 Å². The highest BCUT2D eigenvalue weighted by Crippen LogP contribution is 1.99. The third kappa shape index (κ3) is 2.55. The fourth-order valence-corrected chi connectivity index (χ4v) is 0.906. The van der Waals surface area contributed by atoms with Gasteiger partial charge in [0, 0.05) is 12.4 Å². The summed E-state index contributed by atoms with van der Waals surface area (Å²) in [4.78, 5) is 0. The standard InChI is InChI=1S/C8H13N3/c1-8(3-4-9)7-11-6-2-5-10-11/h2,5-6H,1,3-4,7,9H2. The number of nitrogens with zero attached hydrogens (tertiary/aromatic N) is 2. The Bertz CT molecular complexity index is 213. The molecule has 0 fully saturated rings. The van der Waals surface area contributed by atoms with Crippen LogP contribution in [0.5, 0.6) is 0 Å². The van der Waals surface area contributed by atoms with Gasteiger partial charge in [-0.15, -0.1) is 0 Å². The van der Waals surface area contributed by atoms with E-state index in [1.165, 1.54) is 0 Å². The summed E-state index contributed by atoms with van der Waals surface area (Å²) in [6.07, 6.45) is 4.55. The molecule has 0 unspecified atom stereocenters. The summed E-state index contributed by atoms with van der Waals surface area (Å²) in [6, 6.07) is 1.90. The zero-order valence-corrected chi connectivity index (χ0v) is 6.53.